The lowest BCUT2D eigenvalue weighted by Crippen LogP contribution is -2.44. The lowest BCUT2D eigenvalue weighted by Gasteiger charge is -2.35. The molecule has 1 amide bonds. The number of fused-ring (bicyclic) bond motifs is 1. The Morgan fingerprint density at radius 3 is 2.69 bits per heavy atom. The van der Waals surface area contributed by atoms with E-state index in [4.69, 9.17) is 14.5 Å². The Bertz CT molecular complexity index is 1430. The number of anilines is 4. The Kier molecular flexibility index (Phi) is 7.69. The Morgan fingerprint density at radius 1 is 1.15 bits per heavy atom. The molecule has 0 aliphatic carbocycles. The highest BCUT2D eigenvalue weighted by Crippen LogP contribution is 2.33. The summed E-state index contributed by atoms with van der Waals surface area (Å²) in [6.45, 7) is 7.43. The van der Waals surface area contributed by atoms with E-state index in [1.54, 1.807) is 37.6 Å². The van der Waals surface area contributed by atoms with Crippen molar-refractivity contribution < 1.29 is 23.0 Å². The molecule has 3 heterocycles. The first-order chi connectivity index (χ1) is 18.9. The van der Waals surface area contributed by atoms with Crippen molar-refractivity contribution in [3.63, 3.8) is 0 Å². The second-order valence-electron chi connectivity index (χ2n) is 9.11. The highest BCUT2D eigenvalue weighted by molar-refractivity contribution is 5.99. The van der Waals surface area contributed by atoms with E-state index in [0.29, 0.717) is 53.3 Å². The van der Waals surface area contributed by atoms with E-state index < -0.39 is 11.6 Å². The summed E-state index contributed by atoms with van der Waals surface area (Å²) < 4.78 is 38.9. The number of likely N-dealkylation sites (tertiary alicyclic amines) is 1. The van der Waals surface area contributed by atoms with Crippen LogP contribution >= 0.6 is 0 Å². The third kappa shape index (κ3) is 6.15. The van der Waals surface area contributed by atoms with E-state index in [1.165, 1.54) is 18.6 Å². The van der Waals surface area contributed by atoms with Gasteiger partial charge >= 0.3 is 0 Å². The number of rotatable bonds is 10. The minimum Gasteiger partial charge on any atom is -0.495 e. The second kappa shape index (κ2) is 11.5. The van der Waals surface area contributed by atoms with Gasteiger partial charge in [-0.3, -0.25) is 4.79 Å². The third-order valence-corrected chi connectivity index (χ3v) is 6.43. The van der Waals surface area contributed by atoms with E-state index in [1.807, 2.05) is 0 Å². The van der Waals surface area contributed by atoms with Gasteiger partial charge in [0.15, 0.2) is 11.6 Å². The number of nitrogens with zero attached hydrogens (tertiary/aromatic N) is 4. The van der Waals surface area contributed by atoms with Crippen molar-refractivity contribution in [3.05, 3.63) is 78.2 Å². The minimum absolute atomic E-state index is 0.0523. The molecule has 0 spiro atoms. The maximum absolute atomic E-state index is 14.3. The van der Waals surface area contributed by atoms with E-state index in [9.17, 15) is 13.6 Å². The molecule has 5 rings (SSSR count). The van der Waals surface area contributed by atoms with Gasteiger partial charge < -0.3 is 29.9 Å². The molecule has 9 nitrogen and oxygen atoms in total. The molecule has 3 aromatic rings. The minimum atomic E-state index is -0.773. The molecule has 0 bridgehead atoms. The van der Waals surface area contributed by atoms with Crippen molar-refractivity contribution in [3.8, 4) is 11.5 Å². The summed E-state index contributed by atoms with van der Waals surface area (Å²) in [5.74, 6) is 0.226. The summed E-state index contributed by atoms with van der Waals surface area (Å²) in [7, 11) is 1.55. The largest absolute Gasteiger partial charge is 0.495 e. The van der Waals surface area contributed by atoms with Crippen LogP contribution in [0.5, 0.6) is 11.5 Å². The molecular weight excluding hydrogens is 506 g/mol. The molecule has 0 radical (unpaired) electrons. The monoisotopic (exact) mass is 534 g/mol. The molecule has 0 saturated carbocycles. The van der Waals surface area contributed by atoms with Crippen molar-refractivity contribution in [1.29, 1.82) is 0 Å². The number of methoxy groups -OCH3 is 1. The van der Waals surface area contributed by atoms with Gasteiger partial charge in [0, 0.05) is 36.6 Å². The summed E-state index contributed by atoms with van der Waals surface area (Å²) in [5, 5.41) is 5.90. The molecule has 202 valence electrons. The number of hydrogen-bond acceptors (Lipinski definition) is 8. The van der Waals surface area contributed by atoms with Crippen molar-refractivity contribution in [2.45, 2.75) is 6.42 Å². The van der Waals surface area contributed by atoms with E-state index in [0.717, 1.165) is 31.8 Å². The predicted octanol–water partition coefficient (Wildman–Crippen LogP) is 4.58. The number of aromatic nitrogens is 2. The number of amides is 1. The Hall–Kier alpha value is -4.51. The molecule has 0 atom stereocenters. The highest BCUT2D eigenvalue weighted by atomic mass is 19.1. The average molecular weight is 535 g/mol. The number of hydrogen-bond donors (Lipinski definition) is 2. The fourth-order valence-electron chi connectivity index (χ4n) is 4.29. The van der Waals surface area contributed by atoms with E-state index >= 15 is 0 Å². The molecule has 1 aromatic heterocycles. The predicted molar refractivity (Wildman–Crippen MR) is 145 cm³/mol. The van der Waals surface area contributed by atoms with Crippen LogP contribution in [0.2, 0.25) is 0 Å². The zero-order valence-electron chi connectivity index (χ0n) is 21.4. The van der Waals surface area contributed by atoms with Gasteiger partial charge in [0.05, 0.1) is 19.3 Å². The molecule has 2 aliphatic heterocycles. The first kappa shape index (κ1) is 26.1. The van der Waals surface area contributed by atoms with E-state index in [2.05, 4.69) is 32.0 Å². The Balaban J connectivity index is 1.42. The smallest absolute Gasteiger partial charge is 0.247 e. The SMILES string of the molecule is C=CC(=O)Nc1ccc(OC)c(Nc2ncc3c(n2)N(CCN2CCC2)CC(Oc2ccc(F)cc2F)=C3)c1. The molecule has 2 aliphatic rings. The maximum atomic E-state index is 14.3. The van der Waals surface area contributed by atoms with Gasteiger partial charge in [-0.05, 0) is 62.0 Å². The molecular formula is C28H28F2N6O3. The van der Waals surface area contributed by atoms with Crippen molar-refractivity contribution in [1.82, 2.24) is 14.9 Å². The van der Waals surface area contributed by atoms with Gasteiger partial charge in [-0.1, -0.05) is 6.58 Å². The van der Waals surface area contributed by atoms with Gasteiger partial charge in [0.1, 0.15) is 23.1 Å². The van der Waals surface area contributed by atoms with Crippen molar-refractivity contribution >= 4 is 35.1 Å². The molecule has 2 N–H and O–H groups in total. The number of benzene rings is 2. The standard InChI is InChI=1S/C28H28F2N6O3/c1-3-26(37)32-20-6-8-25(38-2)23(15-20)33-28-31-16-18-13-21(39-24-7-5-19(29)14-22(24)30)17-36(27(18)34-28)12-11-35-9-4-10-35/h3,5-8,13-16H,1,4,9-12,17H2,2H3,(H,32,37)(H,31,33,34). The maximum Gasteiger partial charge on any atom is 0.247 e. The van der Waals surface area contributed by atoms with Gasteiger partial charge in [-0.2, -0.15) is 4.98 Å². The quantitative estimate of drug-likeness (QED) is 0.366. The van der Waals surface area contributed by atoms with Crippen LogP contribution in [-0.4, -0.2) is 60.6 Å². The first-order valence-electron chi connectivity index (χ1n) is 12.5. The summed E-state index contributed by atoms with van der Waals surface area (Å²) in [4.78, 5) is 25.4. The zero-order valence-corrected chi connectivity index (χ0v) is 21.4. The van der Waals surface area contributed by atoms with E-state index in [-0.39, 0.29) is 11.7 Å². The lowest BCUT2D eigenvalue weighted by atomic mass is 10.1. The van der Waals surface area contributed by atoms with Gasteiger partial charge in [0.2, 0.25) is 11.9 Å². The molecule has 1 fully saturated rings. The van der Waals surface area contributed by atoms with Crippen molar-refractivity contribution in [2.75, 3.05) is 55.4 Å². The fraction of sp³-hybridized carbons (Fsp3) is 0.250. The lowest BCUT2D eigenvalue weighted by molar-refractivity contribution is -0.111. The van der Waals surface area contributed by atoms with Crippen LogP contribution in [-0.2, 0) is 4.79 Å². The molecule has 39 heavy (non-hydrogen) atoms. The van der Waals surface area contributed by atoms with Crippen LogP contribution in [0, 0.1) is 11.6 Å². The molecule has 2 aromatic carbocycles. The first-order valence-corrected chi connectivity index (χ1v) is 12.5. The van der Waals surface area contributed by atoms with Crippen LogP contribution in [0.1, 0.15) is 12.0 Å². The van der Waals surface area contributed by atoms with Crippen LogP contribution in [0.3, 0.4) is 0 Å². The summed E-state index contributed by atoms with van der Waals surface area (Å²) in [5.41, 5.74) is 1.82. The van der Waals surface area contributed by atoms with Crippen LogP contribution in [0.4, 0.5) is 31.9 Å². The van der Waals surface area contributed by atoms with Gasteiger partial charge in [-0.15, -0.1) is 0 Å². The number of halogens is 2. The summed E-state index contributed by atoms with van der Waals surface area (Å²) in [6.07, 6.45) is 5.78. The number of carbonyl (C=O) groups excluding carboxylic acids is 1. The van der Waals surface area contributed by atoms with Crippen LogP contribution in [0.25, 0.3) is 6.08 Å². The van der Waals surface area contributed by atoms with Gasteiger partial charge in [-0.25, -0.2) is 13.8 Å². The average Bonchev–Trinajstić information content (AvgIpc) is 2.89. The van der Waals surface area contributed by atoms with Crippen LogP contribution < -0.4 is 25.0 Å². The summed E-state index contributed by atoms with van der Waals surface area (Å²) in [6, 6.07) is 8.38. The summed E-state index contributed by atoms with van der Waals surface area (Å²) >= 11 is 0. The molecule has 11 heteroatoms. The fourth-order valence-corrected chi connectivity index (χ4v) is 4.29. The normalized spacial score (nSPS) is 14.5. The molecule has 0 unspecified atom stereocenters. The van der Waals surface area contributed by atoms with Crippen molar-refractivity contribution in [2.24, 2.45) is 0 Å². The third-order valence-electron chi connectivity index (χ3n) is 6.43. The number of nitrogens with one attached hydrogen (secondary N) is 2. The molecule has 1 saturated heterocycles. The highest BCUT2D eigenvalue weighted by Gasteiger charge is 2.24. The Labute approximate surface area is 224 Å². The topological polar surface area (TPSA) is 91.8 Å². The Morgan fingerprint density at radius 2 is 1.97 bits per heavy atom. The zero-order chi connectivity index (χ0) is 27.4. The number of carbonyl (C=O) groups is 1. The second-order valence-corrected chi connectivity index (χ2v) is 9.11. The van der Waals surface area contributed by atoms with Gasteiger partial charge in [0.25, 0.3) is 0 Å². The van der Waals surface area contributed by atoms with Crippen LogP contribution in [0.15, 0.2) is 61.0 Å². The number of ether oxygens (including phenoxy) is 2.